The van der Waals surface area contributed by atoms with E-state index in [1.807, 2.05) is 6.07 Å². The second kappa shape index (κ2) is 10.9. The molecule has 45 heavy (non-hydrogen) atoms. The van der Waals surface area contributed by atoms with Crippen molar-refractivity contribution in [2.45, 2.75) is 37.8 Å². The summed E-state index contributed by atoms with van der Waals surface area (Å²) in [6.07, 6.45) is 3.35. The van der Waals surface area contributed by atoms with E-state index in [-0.39, 0.29) is 12.1 Å². The molecule has 0 spiro atoms. The van der Waals surface area contributed by atoms with E-state index in [4.69, 9.17) is 28.4 Å². The first-order chi connectivity index (χ1) is 21.9. The molecule has 0 aliphatic carbocycles. The maximum Gasteiger partial charge on any atom is 0.212 e. The van der Waals surface area contributed by atoms with E-state index in [1.54, 1.807) is 21.3 Å². The molecule has 8 heterocycles. The molecule has 4 aromatic rings. The first kappa shape index (κ1) is 28.1. The topological polar surface area (TPSA) is 61.9 Å². The molecular weight excluding hydrogens is 568 g/mol. The van der Waals surface area contributed by atoms with Gasteiger partial charge in [-0.2, -0.15) is 0 Å². The Morgan fingerprint density at radius 1 is 0.600 bits per heavy atom. The average molecular weight is 607 g/mol. The summed E-state index contributed by atoms with van der Waals surface area (Å²) in [5, 5.41) is 0. The Hall–Kier alpha value is -4.40. The number of ether oxygens (including phenoxy) is 6. The number of hydrogen-bond donors (Lipinski definition) is 0. The number of rotatable bonds is 3. The van der Waals surface area contributed by atoms with Crippen LogP contribution in [-0.4, -0.2) is 58.3 Å². The average Bonchev–Trinajstić information content (AvgIpc) is 3.06. The minimum Gasteiger partial charge on any atom is -0.493 e. The van der Waals surface area contributed by atoms with Crippen molar-refractivity contribution in [3.63, 3.8) is 0 Å². The van der Waals surface area contributed by atoms with Crippen molar-refractivity contribution in [2.75, 3.05) is 48.5 Å². The molecular formula is C37H38N2O6. The molecule has 0 saturated heterocycles. The lowest BCUT2D eigenvalue weighted by Gasteiger charge is -2.38. The lowest BCUT2D eigenvalue weighted by molar-refractivity contribution is 0.218. The van der Waals surface area contributed by atoms with E-state index in [1.165, 1.54) is 16.7 Å². The molecule has 8 nitrogen and oxygen atoms in total. The van der Waals surface area contributed by atoms with Crippen LogP contribution in [0.2, 0.25) is 0 Å². The quantitative estimate of drug-likeness (QED) is 0.213. The van der Waals surface area contributed by atoms with Gasteiger partial charge in [-0.25, -0.2) is 0 Å². The molecule has 0 unspecified atom stereocenters. The Morgan fingerprint density at radius 2 is 1.20 bits per heavy atom. The van der Waals surface area contributed by atoms with Crippen LogP contribution in [-0.2, 0) is 25.7 Å². The van der Waals surface area contributed by atoms with Gasteiger partial charge in [-0.05, 0) is 98.4 Å². The maximum atomic E-state index is 6.77. The Balaban J connectivity index is 1.34. The zero-order valence-corrected chi connectivity index (χ0v) is 26.4. The van der Waals surface area contributed by atoms with Crippen LogP contribution < -0.4 is 28.4 Å². The van der Waals surface area contributed by atoms with Crippen LogP contribution in [0.4, 0.5) is 0 Å². The first-order valence-electron chi connectivity index (χ1n) is 15.6. The third kappa shape index (κ3) is 4.58. The van der Waals surface area contributed by atoms with Gasteiger partial charge in [0.1, 0.15) is 5.75 Å². The van der Waals surface area contributed by atoms with E-state index >= 15 is 0 Å². The summed E-state index contributed by atoms with van der Waals surface area (Å²) >= 11 is 0. The molecule has 8 heteroatoms. The summed E-state index contributed by atoms with van der Waals surface area (Å²) in [6.45, 7) is 1.86. The molecule has 8 aliphatic rings. The fraction of sp³-hybridized carbons (Fsp3) is 0.351. The normalized spacial score (nSPS) is 19.9. The summed E-state index contributed by atoms with van der Waals surface area (Å²) in [5.74, 6) is 6.25. The van der Waals surface area contributed by atoms with Crippen LogP contribution in [0.5, 0.6) is 51.7 Å². The van der Waals surface area contributed by atoms with Gasteiger partial charge < -0.3 is 28.4 Å². The Kier molecular flexibility index (Phi) is 6.80. The van der Waals surface area contributed by atoms with Gasteiger partial charge in [-0.15, -0.1) is 0 Å². The number of nitrogens with zero attached hydrogens (tertiary/aromatic N) is 2. The third-order valence-electron chi connectivity index (χ3n) is 9.93. The van der Waals surface area contributed by atoms with Crippen LogP contribution in [0.1, 0.15) is 45.5 Å². The molecule has 8 aliphatic heterocycles. The molecule has 8 bridgehead atoms. The van der Waals surface area contributed by atoms with Gasteiger partial charge in [0.05, 0.1) is 21.3 Å². The summed E-state index contributed by atoms with van der Waals surface area (Å²) in [7, 11) is 9.40. The monoisotopic (exact) mass is 606 g/mol. The van der Waals surface area contributed by atoms with Crippen LogP contribution >= 0.6 is 0 Å². The molecule has 0 amide bonds. The maximum absolute atomic E-state index is 6.77. The predicted octanol–water partition coefficient (Wildman–Crippen LogP) is 7.26. The highest BCUT2D eigenvalue weighted by atomic mass is 16.6. The number of hydrogen-bond acceptors (Lipinski definition) is 8. The molecule has 2 atom stereocenters. The fourth-order valence-corrected chi connectivity index (χ4v) is 7.49. The van der Waals surface area contributed by atoms with Gasteiger partial charge in [0, 0.05) is 36.3 Å². The van der Waals surface area contributed by atoms with Crippen LogP contribution in [0.15, 0.2) is 54.6 Å². The van der Waals surface area contributed by atoms with Crippen LogP contribution in [0.3, 0.4) is 0 Å². The number of methoxy groups -OCH3 is 3. The molecule has 4 aromatic carbocycles. The van der Waals surface area contributed by atoms with Gasteiger partial charge in [0.15, 0.2) is 34.5 Å². The van der Waals surface area contributed by atoms with Crippen molar-refractivity contribution in [3.05, 3.63) is 88.0 Å². The Labute approximate surface area is 264 Å². The van der Waals surface area contributed by atoms with Gasteiger partial charge in [-0.3, -0.25) is 9.80 Å². The van der Waals surface area contributed by atoms with Crippen molar-refractivity contribution in [3.8, 4) is 51.7 Å². The van der Waals surface area contributed by atoms with Crippen LogP contribution in [0, 0.1) is 0 Å². The SMILES string of the molecule is COc1cc2c3c(c1OC)Oc1ccc(cc1)C[C@H]1c4c(cc(OC)c5c4Oc4ccc(cc4O5)C[C@H]3N(C)CC2)CCN1C. The molecule has 0 aromatic heterocycles. The van der Waals surface area contributed by atoms with Gasteiger partial charge in [0.25, 0.3) is 0 Å². The number of likely N-dealkylation sites (N-methyl/N-ethyl adjacent to an activating group) is 2. The van der Waals surface area contributed by atoms with E-state index in [0.29, 0.717) is 40.2 Å². The van der Waals surface area contributed by atoms with Crippen molar-refractivity contribution >= 4 is 0 Å². The van der Waals surface area contributed by atoms with E-state index < -0.39 is 0 Å². The smallest absolute Gasteiger partial charge is 0.212 e. The summed E-state index contributed by atoms with van der Waals surface area (Å²) in [4.78, 5) is 4.80. The largest absolute Gasteiger partial charge is 0.493 e. The lowest BCUT2D eigenvalue weighted by atomic mass is 9.87. The van der Waals surface area contributed by atoms with Crippen molar-refractivity contribution in [2.24, 2.45) is 0 Å². The van der Waals surface area contributed by atoms with Gasteiger partial charge in [-0.1, -0.05) is 18.2 Å². The van der Waals surface area contributed by atoms with Crippen LogP contribution in [0.25, 0.3) is 0 Å². The van der Waals surface area contributed by atoms with Gasteiger partial charge in [0.2, 0.25) is 11.5 Å². The second-order valence-electron chi connectivity index (χ2n) is 12.5. The highest BCUT2D eigenvalue weighted by Gasteiger charge is 2.37. The van der Waals surface area contributed by atoms with E-state index in [2.05, 4.69) is 72.4 Å². The highest BCUT2D eigenvalue weighted by molar-refractivity contribution is 5.67. The lowest BCUT2D eigenvalue weighted by Crippen LogP contribution is -2.34. The third-order valence-corrected chi connectivity index (χ3v) is 9.93. The minimum atomic E-state index is 0.0365. The first-order valence-corrected chi connectivity index (χ1v) is 15.6. The van der Waals surface area contributed by atoms with Gasteiger partial charge >= 0.3 is 0 Å². The standard InChI is InChI=1S/C37H38N2O6/c1-38-14-13-24-20-31(41-4)35-37-33(24)26(38)16-21-6-9-25(10-7-21)43-36-32-23(19-30(40-3)34(36)42-5)12-15-39(2)27(32)17-22-8-11-28(44-37)29(18-22)45-35/h6-11,18-20,26-27H,12-17H2,1-5H3/t26-,27+/m0/s1. The van der Waals surface area contributed by atoms with E-state index in [0.717, 1.165) is 67.0 Å². The molecule has 232 valence electrons. The summed E-state index contributed by atoms with van der Waals surface area (Å²) in [6, 6.07) is 19.1. The second-order valence-corrected chi connectivity index (χ2v) is 12.5. The van der Waals surface area contributed by atoms with Crippen molar-refractivity contribution in [1.82, 2.24) is 9.80 Å². The Bertz CT molecular complexity index is 1800. The molecule has 0 N–H and O–H groups in total. The summed E-state index contributed by atoms with van der Waals surface area (Å²) < 4.78 is 37.8. The molecule has 12 rings (SSSR count). The Morgan fingerprint density at radius 3 is 1.87 bits per heavy atom. The predicted molar refractivity (Wildman–Crippen MR) is 171 cm³/mol. The zero-order chi connectivity index (χ0) is 30.8. The van der Waals surface area contributed by atoms with E-state index in [9.17, 15) is 0 Å². The summed E-state index contributed by atoms with van der Waals surface area (Å²) in [5.41, 5.74) is 7.06. The van der Waals surface area contributed by atoms with Crippen molar-refractivity contribution in [1.29, 1.82) is 0 Å². The minimum absolute atomic E-state index is 0.0365. The zero-order valence-electron chi connectivity index (χ0n) is 26.4. The van der Waals surface area contributed by atoms with Crippen molar-refractivity contribution < 1.29 is 28.4 Å². The molecule has 0 fully saturated rings. The fourth-order valence-electron chi connectivity index (χ4n) is 7.49. The number of benzene rings is 4. The molecule has 0 saturated carbocycles. The molecule has 0 radical (unpaired) electrons. The highest BCUT2D eigenvalue weighted by Crippen LogP contribution is 2.56.